The summed E-state index contributed by atoms with van der Waals surface area (Å²) < 4.78 is 46.8. The number of nitrogens with one attached hydrogen (secondary N) is 2. The number of nitrogens with zero attached hydrogens (tertiary/aromatic N) is 2. The second-order valence-corrected chi connectivity index (χ2v) is 13.0. The molecule has 0 saturated carbocycles. The van der Waals surface area contributed by atoms with Crippen molar-refractivity contribution in [3.63, 3.8) is 0 Å². The number of aryl methyl sites for hydroxylation is 1. The van der Waals surface area contributed by atoms with Gasteiger partial charge in [-0.05, 0) is 105 Å². The van der Waals surface area contributed by atoms with Gasteiger partial charge in [0.2, 0.25) is 10.0 Å². The van der Waals surface area contributed by atoms with E-state index in [9.17, 15) is 12.8 Å². The van der Waals surface area contributed by atoms with Gasteiger partial charge in [-0.15, -0.1) is 0 Å². The zero-order valence-electron chi connectivity index (χ0n) is 22.8. The van der Waals surface area contributed by atoms with Crippen molar-refractivity contribution >= 4 is 43.5 Å². The van der Waals surface area contributed by atoms with E-state index in [1.165, 1.54) is 35.2 Å². The van der Waals surface area contributed by atoms with E-state index >= 15 is 0 Å². The first-order valence-corrected chi connectivity index (χ1v) is 15.8. The molecular weight excluding hydrogens is 563 g/mol. The number of likely N-dealkylation sites (tertiary alicyclic amines) is 1. The predicted molar refractivity (Wildman–Crippen MR) is 159 cm³/mol. The minimum atomic E-state index is -3.59. The molecule has 214 valence electrons. The molecule has 0 spiro atoms. The molecule has 6 rings (SSSR count). The SMILES string of the molecule is Cc1[nH]c2ccc(CCNS(=O)(=O)c3ccc(Cl)cc3)cc2c1CCN1CCC(c2noc3cc(F)ccc23)CC1. The van der Waals surface area contributed by atoms with Crippen LogP contribution in [0.25, 0.3) is 21.9 Å². The maximum absolute atomic E-state index is 13.5. The lowest BCUT2D eigenvalue weighted by molar-refractivity contribution is 0.211. The Balaban J connectivity index is 1.06. The van der Waals surface area contributed by atoms with Crippen molar-refractivity contribution in [1.82, 2.24) is 19.8 Å². The van der Waals surface area contributed by atoms with Crippen molar-refractivity contribution in [2.75, 3.05) is 26.2 Å². The summed E-state index contributed by atoms with van der Waals surface area (Å²) in [4.78, 5) is 6.20. The van der Waals surface area contributed by atoms with Crippen LogP contribution in [0.4, 0.5) is 4.39 Å². The number of aromatic amines is 1. The molecule has 1 saturated heterocycles. The zero-order chi connectivity index (χ0) is 28.6. The molecule has 3 aromatic carbocycles. The number of aromatic nitrogens is 2. The highest BCUT2D eigenvalue weighted by molar-refractivity contribution is 7.89. The zero-order valence-corrected chi connectivity index (χ0v) is 24.4. The van der Waals surface area contributed by atoms with Crippen molar-refractivity contribution in [3.05, 3.63) is 94.0 Å². The summed E-state index contributed by atoms with van der Waals surface area (Å²) in [5.74, 6) is 0.000872. The average Bonchev–Trinajstić information content (AvgIpc) is 3.51. The molecule has 0 aliphatic carbocycles. The first-order valence-electron chi connectivity index (χ1n) is 13.9. The fourth-order valence-corrected chi connectivity index (χ4v) is 7.02. The van der Waals surface area contributed by atoms with Gasteiger partial charge in [-0.2, -0.15) is 0 Å². The van der Waals surface area contributed by atoms with E-state index in [-0.39, 0.29) is 10.7 Å². The molecule has 0 bridgehead atoms. The summed E-state index contributed by atoms with van der Waals surface area (Å²) in [6.07, 6.45) is 3.49. The fraction of sp³-hybridized carbons (Fsp3) is 0.323. The summed E-state index contributed by atoms with van der Waals surface area (Å²) in [5.41, 5.74) is 6.09. The van der Waals surface area contributed by atoms with Gasteiger partial charge < -0.3 is 14.4 Å². The van der Waals surface area contributed by atoms with Gasteiger partial charge in [0.05, 0.1) is 10.6 Å². The lowest BCUT2D eigenvalue weighted by Crippen LogP contribution is -2.34. The molecule has 7 nitrogen and oxygen atoms in total. The number of hydrogen-bond acceptors (Lipinski definition) is 5. The van der Waals surface area contributed by atoms with Gasteiger partial charge in [0.25, 0.3) is 0 Å². The standard InChI is InChI=1S/C31H32ClFN4O3S/c1-20-26(13-17-37-15-11-22(12-16-37)31-27-8-5-24(33)19-30(27)40-36-31)28-18-21(2-9-29(28)35-20)10-14-34-41(38,39)25-6-3-23(32)4-7-25/h2-9,18-19,22,34-35H,10-17H2,1H3. The summed E-state index contributed by atoms with van der Waals surface area (Å²) in [6.45, 7) is 5.32. The van der Waals surface area contributed by atoms with Gasteiger partial charge in [-0.3, -0.25) is 0 Å². The van der Waals surface area contributed by atoms with E-state index in [1.54, 1.807) is 18.2 Å². The Labute approximate surface area is 243 Å². The van der Waals surface area contributed by atoms with Crippen molar-refractivity contribution in [2.45, 2.75) is 43.4 Å². The Hall–Kier alpha value is -3.24. The highest BCUT2D eigenvalue weighted by atomic mass is 35.5. The summed E-state index contributed by atoms with van der Waals surface area (Å²) in [7, 11) is -3.59. The van der Waals surface area contributed by atoms with Crippen LogP contribution in [0.3, 0.4) is 0 Å². The van der Waals surface area contributed by atoms with Crippen LogP contribution in [0.1, 0.15) is 41.3 Å². The van der Waals surface area contributed by atoms with Gasteiger partial charge in [0.15, 0.2) is 5.58 Å². The molecule has 0 radical (unpaired) electrons. The maximum atomic E-state index is 13.5. The van der Waals surface area contributed by atoms with Crippen LogP contribution in [0, 0.1) is 12.7 Å². The van der Waals surface area contributed by atoms with E-state index in [1.807, 2.05) is 6.07 Å². The van der Waals surface area contributed by atoms with Crippen molar-refractivity contribution in [2.24, 2.45) is 0 Å². The highest BCUT2D eigenvalue weighted by Gasteiger charge is 2.25. The van der Waals surface area contributed by atoms with Gasteiger partial charge in [0.1, 0.15) is 5.82 Å². The van der Waals surface area contributed by atoms with E-state index in [0.29, 0.717) is 29.5 Å². The van der Waals surface area contributed by atoms with E-state index in [2.05, 4.69) is 38.8 Å². The molecule has 10 heteroatoms. The van der Waals surface area contributed by atoms with Crippen molar-refractivity contribution in [1.29, 1.82) is 0 Å². The first kappa shape index (κ1) is 27.9. The third-order valence-electron chi connectivity index (χ3n) is 8.13. The monoisotopic (exact) mass is 594 g/mol. The van der Waals surface area contributed by atoms with Gasteiger partial charge in [0, 0.05) is 52.1 Å². The third-order valence-corrected chi connectivity index (χ3v) is 9.86. The minimum absolute atomic E-state index is 0.203. The molecule has 0 amide bonds. The predicted octanol–water partition coefficient (Wildman–Crippen LogP) is 6.35. The first-order chi connectivity index (χ1) is 19.8. The number of piperidine rings is 1. The number of halogens is 2. The molecule has 0 atom stereocenters. The van der Waals surface area contributed by atoms with E-state index in [0.717, 1.165) is 66.8 Å². The number of hydrogen-bond donors (Lipinski definition) is 2. The third kappa shape index (κ3) is 6.04. The second-order valence-electron chi connectivity index (χ2n) is 10.8. The quantitative estimate of drug-likeness (QED) is 0.207. The van der Waals surface area contributed by atoms with Crippen molar-refractivity contribution < 1.29 is 17.3 Å². The van der Waals surface area contributed by atoms with E-state index in [4.69, 9.17) is 16.1 Å². The number of benzene rings is 3. The number of sulfonamides is 1. The molecule has 5 aromatic rings. The number of H-pyrrole nitrogens is 1. The molecule has 1 fully saturated rings. The van der Waals surface area contributed by atoms with Crippen LogP contribution in [0.2, 0.25) is 5.02 Å². The van der Waals surface area contributed by atoms with Gasteiger partial charge >= 0.3 is 0 Å². The molecular formula is C31H32ClFN4O3S. The largest absolute Gasteiger partial charge is 0.358 e. The van der Waals surface area contributed by atoms with Gasteiger partial charge in [-0.25, -0.2) is 17.5 Å². The van der Waals surface area contributed by atoms with E-state index < -0.39 is 10.0 Å². The molecule has 0 unspecified atom stereocenters. The molecule has 1 aliphatic heterocycles. The summed E-state index contributed by atoms with van der Waals surface area (Å²) >= 11 is 5.89. The van der Waals surface area contributed by atoms with Crippen LogP contribution in [0.15, 0.2) is 70.1 Å². The van der Waals surface area contributed by atoms with Crippen LogP contribution in [-0.4, -0.2) is 49.6 Å². The molecule has 2 aromatic heterocycles. The second kappa shape index (κ2) is 11.6. The summed E-state index contributed by atoms with van der Waals surface area (Å²) in [5, 5.41) is 6.87. The average molecular weight is 595 g/mol. The Kier molecular flexibility index (Phi) is 7.87. The fourth-order valence-electron chi connectivity index (χ4n) is 5.86. The topological polar surface area (TPSA) is 91.2 Å². The lowest BCUT2D eigenvalue weighted by Gasteiger charge is -2.31. The molecule has 2 N–H and O–H groups in total. The van der Waals surface area contributed by atoms with Crippen molar-refractivity contribution in [3.8, 4) is 0 Å². The lowest BCUT2D eigenvalue weighted by atomic mass is 9.91. The highest BCUT2D eigenvalue weighted by Crippen LogP contribution is 2.33. The molecule has 1 aliphatic rings. The maximum Gasteiger partial charge on any atom is 0.240 e. The summed E-state index contributed by atoms with van der Waals surface area (Å²) in [6, 6.07) is 17.1. The Morgan fingerprint density at radius 3 is 2.61 bits per heavy atom. The van der Waals surface area contributed by atoms with Crippen LogP contribution < -0.4 is 4.72 Å². The normalized spacial score (nSPS) is 15.3. The Morgan fingerprint density at radius 1 is 1.05 bits per heavy atom. The Bertz CT molecular complexity index is 1790. The van der Waals surface area contributed by atoms with Gasteiger partial charge in [-0.1, -0.05) is 22.8 Å². The Morgan fingerprint density at radius 2 is 1.83 bits per heavy atom. The van der Waals surface area contributed by atoms with Crippen LogP contribution in [0.5, 0.6) is 0 Å². The molecule has 41 heavy (non-hydrogen) atoms. The number of fused-ring (bicyclic) bond motifs is 2. The smallest absolute Gasteiger partial charge is 0.240 e. The number of rotatable bonds is 9. The molecule has 3 heterocycles. The minimum Gasteiger partial charge on any atom is -0.358 e. The van der Waals surface area contributed by atoms with Crippen LogP contribution >= 0.6 is 11.6 Å². The van der Waals surface area contributed by atoms with Crippen LogP contribution in [-0.2, 0) is 22.9 Å².